The summed E-state index contributed by atoms with van der Waals surface area (Å²) in [6.07, 6.45) is -2.26. The normalized spacial score (nSPS) is 20.1. The summed E-state index contributed by atoms with van der Waals surface area (Å²) in [5.41, 5.74) is 0.579. The third-order valence-corrected chi connectivity index (χ3v) is 2.76. The van der Waals surface area contributed by atoms with E-state index in [1.54, 1.807) is 6.07 Å². The van der Waals surface area contributed by atoms with Crippen LogP contribution in [0.3, 0.4) is 0 Å². The lowest BCUT2D eigenvalue weighted by Gasteiger charge is -2.09. The first-order valence-electron chi connectivity index (χ1n) is 4.48. The number of aliphatic carboxylic acids is 1. The number of nitrogens with one attached hydrogen (secondary N) is 1. The number of amides is 1. The van der Waals surface area contributed by atoms with E-state index in [0.29, 0.717) is 5.69 Å². The fraction of sp³-hybridized carbons (Fsp3) is 0.200. The van der Waals surface area contributed by atoms with Crippen molar-refractivity contribution in [2.24, 2.45) is 0 Å². The van der Waals surface area contributed by atoms with Gasteiger partial charge < -0.3 is 10.4 Å². The molecule has 16 heavy (non-hydrogen) atoms. The average Bonchev–Trinajstić information content (AvgIpc) is 2.55. The van der Waals surface area contributed by atoms with Crippen LogP contribution in [0.4, 0.5) is 10.1 Å². The molecule has 1 aromatic rings. The van der Waals surface area contributed by atoms with Crippen molar-refractivity contribution in [1.29, 1.82) is 0 Å². The predicted molar refractivity (Wildman–Crippen MR) is 55.4 cm³/mol. The molecule has 2 atom stereocenters. The summed E-state index contributed by atoms with van der Waals surface area (Å²) in [5, 5.41) is 11.2. The van der Waals surface area contributed by atoms with E-state index in [2.05, 4.69) is 5.32 Å². The zero-order valence-corrected chi connectivity index (χ0v) is 8.66. The molecule has 1 heterocycles. The van der Waals surface area contributed by atoms with Crippen molar-refractivity contribution >= 4 is 29.2 Å². The third-order valence-electron chi connectivity index (χ3n) is 2.44. The minimum absolute atomic E-state index is 0.269. The highest BCUT2D eigenvalue weighted by Crippen LogP contribution is 2.39. The van der Waals surface area contributed by atoms with Gasteiger partial charge in [-0.1, -0.05) is 23.7 Å². The molecule has 4 nitrogen and oxygen atoms in total. The van der Waals surface area contributed by atoms with Crippen LogP contribution in [0.5, 0.6) is 0 Å². The first-order valence-corrected chi connectivity index (χ1v) is 4.86. The van der Waals surface area contributed by atoms with Crippen molar-refractivity contribution in [1.82, 2.24) is 0 Å². The molecule has 0 spiro atoms. The number of hydrogen-bond donors (Lipinski definition) is 2. The maximum Gasteiger partial charge on any atom is 0.339 e. The number of anilines is 1. The maximum absolute atomic E-state index is 13.4. The molecule has 84 valence electrons. The summed E-state index contributed by atoms with van der Waals surface area (Å²) in [6, 6.07) is 4.57. The Labute approximate surface area is 95.0 Å². The van der Waals surface area contributed by atoms with Crippen LogP contribution in [0.1, 0.15) is 11.5 Å². The number of carboxylic acids is 1. The number of fused-ring (bicyclic) bond motifs is 1. The second-order valence-electron chi connectivity index (χ2n) is 3.41. The van der Waals surface area contributed by atoms with E-state index in [1.807, 2.05) is 0 Å². The van der Waals surface area contributed by atoms with Gasteiger partial charge in [-0.2, -0.15) is 0 Å². The lowest BCUT2D eigenvalue weighted by molar-refractivity contribution is -0.145. The van der Waals surface area contributed by atoms with Gasteiger partial charge in [0.1, 0.15) is 5.92 Å². The zero-order chi connectivity index (χ0) is 11.9. The number of rotatable bonds is 2. The summed E-state index contributed by atoms with van der Waals surface area (Å²) in [4.78, 5) is 22.0. The lowest BCUT2D eigenvalue weighted by atomic mass is 9.96. The second kappa shape index (κ2) is 3.75. The van der Waals surface area contributed by atoms with Crippen molar-refractivity contribution in [3.63, 3.8) is 0 Å². The fourth-order valence-electron chi connectivity index (χ4n) is 1.71. The molecule has 0 saturated carbocycles. The average molecular weight is 244 g/mol. The van der Waals surface area contributed by atoms with Gasteiger partial charge in [-0.3, -0.25) is 4.79 Å². The predicted octanol–water partition coefficient (Wildman–Crippen LogP) is 1.80. The highest BCUT2D eigenvalue weighted by molar-refractivity contribution is 6.34. The topological polar surface area (TPSA) is 66.4 Å². The summed E-state index contributed by atoms with van der Waals surface area (Å²) in [6.45, 7) is 0. The van der Waals surface area contributed by atoms with Crippen LogP contribution in [0.25, 0.3) is 0 Å². The van der Waals surface area contributed by atoms with Gasteiger partial charge in [0.15, 0.2) is 0 Å². The SMILES string of the molecule is O=C(O)C(F)C1C(=O)Nc2c(Cl)cccc21. The van der Waals surface area contributed by atoms with Crippen LogP contribution >= 0.6 is 11.6 Å². The Morgan fingerprint density at radius 1 is 1.56 bits per heavy atom. The van der Waals surface area contributed by atoms with E-state index < -0.39 is 24.0 Å². The van der Waals surface area contributed by atoms with Gasteiger partial charge in [-0.25, -0.2) is 9.18 Å². The summed E-state index contributed by atoms with van der Waals surface area (Å²) in [5.74, 6) is -3.67. The highest BCUT2D eigenvalue weighted by Gasteiger charge is 2.41. The lowest BCUT2D eigenvalue weighted by Crippen LogP contribution is -2.28. The van der Waals surface area contributed by atoms with Gasteiger partial charge in [-0.15, -0.1) is 0 Å². The summed E-state index contributed by atoms with van der Waals surface area (Å²) < 4.78 is 13.4. The van der Waals surface area contributed by atoms with Crippen LogP contribution in [0, 0.1) is 0 Å². The molecule has 0 radical (unpaired) electrons. The minimum Gasteiger partial charge on any atom is -0.479 e. The van der Waals surface area contributed by atoms with Gasteiger partial charge in [0.2, 0.25) is 12.1 Å². The Balaban J connectivity index is 2.48. The van der Waals surface area contributed by atoms with Crippen molar-refractivity contribution in [3.8, 4) is 0 Å². The Morgan fingerprint density at radius 3 is 2.88 bits per heavy atom. The molecular weight excluding hydrogens is 237 g/mol. The van der Waals surface area contributed by atoms with E-state index in [4.69, 9.17) is 16.7 Å². The maximum atomic E-state index is 13.4. The standard InChI is InChI=1S/C10H7ClFNO3/c11-5-3-1-2-4-6(7(12)10(15)16)9(14)13-8(4)5/h1-3,6-7H,(H,13,14)(H,15,16). The molecule has 6 heteroatoms. The molecule has 2 N–H and O–H groups in total. The number of para-hydroxylation sites is 1. The van der Waals surface area contributed by atoms with Crippen molar-refractivity contribution < 1.29 is 19.1 Å². The van der Waals surface area contributed by atoms with Gasteiger partial charge in [0.05, 0.1) is 10.7 Å². The summed E-state index contributed by atoms with van der Waals surface area (Å²) >= 11 is 5.80. The van der Waals surface area contributed by atoms with Crippen LogP contribution in [-0.4, -0.2) is 23.2 Å². The van der Waals surface area contributed by atoms with Crippen molar-refractivity contribution in [2.45, 2.75) is 12.1 Å². The van der Waals surface area contributed by atoms with Crippen LogP contribution < -0.4 is 5.32 Å². The van der Waals surface area contributed by atoms with E-state index in [1.165, 1.54) is 12.1 Å². The van der Waals surface area contributed by atoms with Gasteiger partial charge in [-0.05, 0) is 11.6 Å². The molecule has 0 saturated heterocycles. The van der Waals surface area contributed by atoms with Crippen molar-refractivity contribution in [2.75, 3.05) is 5.32 Å². The number of hydrogen-bond acceptors (Lipinski definition) is 2. The minimum atomic E-state index is -2.26. The molecule has 1 aliphatic heterocycles. The Bertz CT molecular complexity index is 477. The molecule has 1 aromatic carbocycles. The molecule has 2 unspecified atom stereocenters. The molecular formula is C10H7ClFNO3. The van der Waals surface area contributed by atoms with Crippen LogP contribution in [0.15, 0.2) is 18.2 Å². The highest BCUT2D eigenvalue weighted by atomic mass is 35.5. The van der Waals surface area contributed by atoms with E-state index in [-0.39, 0.29) is 10.6 Å². The number of halogens is 2. The number of carbonyl (C=O) groups is 2. The van der Waals surface area contributed by atoms with Gasteiger partial charge in [0.25, 0.3) is 0 Å². The quantitative estimate of drug-likeness (QED) is 0.832. The molecule has 0 aliphatic carbocycles. The summed E-state index contributed by atoms with van der Waals surface area (Å²) in [7, 11) is 0. The molecule has 2 rings (SSSR count). The fourth-order valence-corrected chi connectivity index (χ4v) is 1.94. The molecule has 0 bridgehead atoms. The number of alkyl halides is 1. The van der Waals surface area contributed by atoms with Gasteiger partial charge >= 0.3 is 5.97 Å². The third kappa shape index (κ3) is 1.53. The molecule has 0 fully saturated rings. The van der Waals surface area contributed by atoms with Crippen molar-refractivity contribution in [3.05, 3.63) is 28.8 Å². The van der Waals surface area contributed by atoms with E-state index in [9.17, 15) is 14.0 Å². The Kier molecular flexibility index (Phi) is 2.55. The van der Waals surface area contributed by atoms with E-state index >= 15 is 0 Å². The van der Waals surface area contributed by atoms with Gasteiger partial charge in [0, 0.05) is 0 Å². The Morgan fingerprint density at radius 2 is 2.25 bits per heavy atom. The van der Waals surface area contributed by atoms with Crippen LogP contribution in [-0.2, 0) is 9.59 Å². The largest absolute Gasteiger partial charge is 0.479 e. The van der Waals surface area contributed by atoms with Crippen LogP contribution in [0.2, 0.25) is 5.02 Å². The number of carboxylic acid groups (broad SMARTS) is 1. The number of benzene rings is 1. The number of carbonyl (C=O) groups excluding carboxylic acids is 1. The molecule has 0 aromatic heterocycles. The molecule has 1 aliphatic rings. The monoisotopic (exact) mass is 243 g/mol. The Hall–Kier alpha value is -1.62. The van der Waals surface area contributed by atoms with E-state index in [0.717, 1.165) is 0 Å². The zero-order valence-electron chi connectivity index (χ0n) is 7.91. The smallest absolute Gasteiger partial charge is 0.339 e. The second-order valence-corrected chi connectivity index (χ2v) is 3.82. The first kappa shape index (κ1) is 10.9. The molecule has 1 amide bonds. The first-order chi connectivity index (χ1) is 7.52.